The predicted octanol–water partition coefficient (Wildman–Crippen LogP) is 2.32. The van der Waals surface area contributed by atoms with Gasteiger partial charge < -0.3 is 5.32 Å². The van der Waals surface area contributed by atoms with Crippen LogP contribution in [0.3, 0.4) is 0 Å². The van der Waals surface area contributed by atoms with E-state index in [4.69, 9.17) is 5.26 Å². The SMILES string of the molecule is CC(C)C1(CNCCCC#N)CC1. The second-order valence-electron chi connectivity index (χ2n) is 4.46. The molecular formula is C11H20N2. The highest BCUT2D eigenvalue weighted by Crippen LogP contribution is 2.51. The van der Waals surface area contributed by atoms with E-state index < -0.39 is 0 Å². The minimum atomic E-state index is 0.604. The molecule has 0 saturated heterocycles. The van der Waals surface area contributed by atoms with Crippen LogP contribution in [0.1, 0.15) is 39.5 Å². The van der Waals surface area contributed by atoms with Crippen molar-refractivity contribution in [2.45, 2.75) is 39.5 Å². The van der Waals surface area contributed by atoms with Gasteiger partial charge in [0.2, 0.25) is 0 Å². The molecule has 0 aliphatic heterocycles. The second kappa shape index (κ2) is 4.62. The Labute approximate surface area is 81.3 Å². The molecule has 1 rings (SSSR count). The van der Waals surface area contributed by atoms with Gasteiger partial charge in [0.1, 0.15) is 0 Å². The summed E-state index contributed by atoms with van der Waals surface area (Å²) in [6, 6.07) is 2.16. The molecule has 0 spiro atoms. The van der Waals surface area contributed by atoms with Crippen molar-refractivity contribution in [3.8, 4) is 6.07 Å². The summed E-state index contributed by atoms with van der Waals surface area (Å²) in [6.45, 7) is 6.77. The number of hydrogen-bond acceptors (Lipinski definition) is 2. The van der Waals surface area contributed by atoms with E-state index in [1.54, 1.807) is 0 Å². The first-order valence-electron chi connectivity index (χ1n) is 5.29. The summed E-state index contributed by atoms with van der Waals surface area (Å²) in [5.41, 5.74) is 0.604. The Bertz CT molecular complexity index is 187. The van der Waals surface area contributed by atoms with E-state index in [-0.39, 0.29) is 0 Å². The van der Waals surface area contributed by atoms with Crippen LogP contribution in [0.4, 0.5) is 0 Å². The number of nitriles is 1. The van der Waals surface area contributed by atoms with E-state index in [9.17, 15) is 0 Å². The average Bonchev–Trinajstić information content (AvgIpc) is 2.85. The van der Waals surface area contributed by atoms with Gasteiger partial charge in [0.15, 0.2) is 0 Å². The summed E-state index contributed by atoms with van der Waals surface area (Å²) in [5, 5.41) is 11.8. The third-order valence-electron chi connectivity index (χ3n) is 3.24. The summed E-state index contributed by atoms with van der Waals surface area (Å²) in [5.74, 6) is 0.802. The minimum absolute atomic E-state index is 0.604. The number of nitrogens with zero attached hydrogens (tertiary/aromatic N) is 1. The van der Waals surface area contributed by atoms with Gasteiger partial charge in [-0.05, 0) is 37.1 Å². The van der Waals surface area contributed by atoms with Crippen molar-refractivity contribution in [3.05, 3.63) is 0 Å². The first kappa shape index (κ1) is 10.5. The molecule has 74 valence electrons. The molecular weight excluding hydrogens is 160 g/mol. The van der Waals surface area contributed by atoms with Crippen LogP contribution in [0.15, 0.2) is 0 Å². The van der Waals surface area contributed by atoms with Crippen molar-refractivity contribution >= 4 is 0 Å². The lowest BCUT2D eigenvalue weighted by Gasteiger charge is -2.19. The molecule has 1 aliphatic carbocycles. The van der Waals surface area contributed by atoms with Gasteiger partial charge in [0, 0.05) is 13.0 Å². The lowest BCUT2D eigenvalue weighted by molar-refractivity contribution is 0.338. The molecule has 0 atom stereocenters. The number of nitrogens with one attached hydrogen (secondary N) is 1. The van der Waals surface area contributed by atoms with Gasteiger partial charge >= 0.3 is 0 Å². The fourth-order valence-electron chi connectivity index (χ4n) is 1.75. The van der Waals surface area contributed by atoms with Gasteiger partial charge in [-0.2, -0.15) is 5.26 Å². The van der Waals surface area contributed by atoms with Gasteiger partial charge in [-0.25, -0.2) is 0 Å². The molecule has 0 aromatic rings. The zero-order valence-corrected chi connectivity index (χ0v) is 8.77. The molecule has 0 radical (unpaired) electrons. The maximum atomic E-state index is 8.35. The van der Waals surface area contributed by atoms with Crippen LogP contribution in [-0.2, 0) is 0 Å². The Morgan fingerprint density at radius 2 is 2.15 bits per heavy atom. The standard InChI is InChI=1S/C11H20N2/c1-10(2)11(5-6-11)9-13-8-4-3-7-12/h10,13H,3-6,8-9H2,1-2H3. The molecule has 13 heavy (non-hydrogen) atoms. The molecule has 0 bridgehead atoms. The molecule has 0 aromatic heterocycles. The van der Waals surface area contributed by atoms with Crippen LogP contribution in [0, 0.1) is 22.7 Å². The third-order valence-corrected chi connectivity index (χ3v) is 3.24. The highest BCUT2D eigenvalue weighted by atomic mass is 14.9. The second-order valence-corrected chi connectivity index (χ2v) is 4.46. The largest absolute Gasteiger partial charge is 0.316 e. The molecule has 2 nitrogen and oxygen atoms in total. The van der Waals surface area contributed by atoms with E-state index in [0.717, 1.165) is 25.4 Å². The minimum Gasteiger partial charge on any atom is -0.316 e. The molecule has 1 aliphatic rings. The van der Waals surface area contributed by atoms with Gasteiger partial charge in [0.25, 0.3) is 0 Å². The number of unbranched alkanes of at least 4 members (excludes halogenated alkanes) is 1. The van der Waals surface area contributed by atoms with Crippen LogP contribution in [0.25, 0.3) is 0 Å². The van der Waals surface area contributed by atoms with E-state index in [0.29, 0.717) is 11.8 Å². The van der Waals surface area contributed by atoms with Crippen LogP contribution in [0.5, 0.6) is 0 Å². The molecule has 0 amide bonds. The van der Waals surface area contributed by atoms with Crippen LogP contribution < -0.4 is 5.32 Å². The molecule has 1 fully saturated rings. The van der Waals surface area contributed by atoms with Crippen molar-refractivity contribution in [2.75, 3.05) is 13.1 Å². The highest BCUT2D eigenvalue weighted by molar-refractivity contribution is 4.96. The Kier molecular flexibility index (Phi) is 3.74. The molecule has 0 aromatic carbocycles. The van der Waals surface area contributed by atoms with Gasteiger partial charge in [-0.3, -0.25) is 0 Å². The van der Waals surface area contributed by atoms with Crippen molar-refractivity contribution in [1.82, 2.24) is 5.32 Å². The van der Waals surface area contributed by atoms with Crippen LogP contribution in [-0.4, -0.2) is 13.1 Å². The first-order chi connectivity index (χ1) is 6.21. The zero-order valence-electron chi connectivity index (χ0n) is 8.77. The summed E-state index contributed by atoms with van der Waals surface area (Å²) in [4.78, 5) is 0. The van der Waals surface area contributed by atoms with Crippen molar-refractivity contribution < 1.29 is 0 Å². The molecule has 0 heterocycles. The van der Waals surface area contributed by atoms with Crippen molar-refractivity contribution in [3.63, 3.8) is 0 Å². The Morgan fingerprint density at radius 1 is 1.46 bits per heavy atom. The average molecular weight is 180 g/mol. The highest BCUT2D eigenvalue weighted by Gasteiger charge is 2.44. The smallest absolute Gasteiger partial charge is 0.0622 e. The molecule has 2 heteroatoms. The van der Waals surface area contributed by atoms with E-state index in [1.807, 2.05) is 0 Å². The van der Waals surface area contributed by atoms with Crippen LogP contribution >= 0.6 is 0 Å². The van der Waals surface area contributed by atoms with E-state index >= 15 is 0 Å². The fourth-order valence-corrected chi connectivity index (χ4v) is 1.75. The first-order valence-corrected chi connectivity index (χ1v) is 5.29. The number of hydrogen-bond donors (Lipinski definition) is 1. The normalized spacial score (nSPS) is 18.6. The maximum absolute atomic E-state index is 8.35. The molecule has 1 N–H and O–H groups in total. The summed E-state index contributed by atoms with van der Waals surface area (Å²) in [7, 11) is 0. The zero-order chi connectivity index (χ0) is 9.73. The Morgan fingerprint density at radius 3 is 2.62 bits per heavy atom. The van der Waals surface area contributed by atoms with Crippen molar-refractivity contribution in [1.29, 1.82) is 5.26 Å². The lowest BCUT2D eigenvalue weighted by Crippen LogP contribution is -2.28. The van der Waals surface area contributed by atoms with Crippen LogP contribution in [0.2, 0.25) is 0 Å². The third kappa shape index (κ3) is 3.00. The summed E-state index contributed by atoms with van der Waals surface area (Å²) in [6.07, 6.45) is 4.44. The van der Waals surface area contributed by atoms with Gasteiger partial charge in [0.05, 0.1) is 6.07 Å². The summed E-state index contributed by atoms with van der Waals surface area (Å²) >= 11 is 0. The Balaban J connectivity index is 2.03. The topological polar surface area (TPSA) is 35.8 Å². The van der Waals surface area contributed by atoms with Crippen molar-refractivity contribution in [2.24, 2.45) is 11.3 Å². The Hall–Kier alpha value is -0.550. The number of rotatable bonds is 6. The maximum Gasteiger partial charge on any atom is 0.0622 e. The molecule has 1 saturated carbocycles. The van der Waals surface area contributed by atoms with Gasteiger partial charge in [-0.15, -0.1) is 0 Å². The van der Waals surface area contributed by atoms with E-state index in [2.05, 4.69) is 25.2 Å². The quantitative estimate of drug-likeness (QED) is 0.637. The fraction of sp³-hybridized carbons (Fsp3) is 0.909. The molecule has 0 unspecified atom stereocenters. The lowest BCUT2D eigenvalue weighted by atomic mass is 9.92. The van der Waals surface area contributed by atoms with Gasteiger partial charge in [-0.1, -0.05) is 13.8 Å². The monoisotopic (exact) mass is 180 g/mol. The van der Waals surface area contributed by atoms with E-state index in [1.165, 1.54) is 12.8 Å². The predicted molar refractivity (Wildman–Crippen MR) is 54.2 cm³/mol. The summed E-state index contributed by atoms with van der Waals surface area (Å²) < 4.78 is 0.